The van der Waals surface area contributed by atoms with Crippen LogP contribution in [0, 0.1) is 0 Å². The molecule has 132 valence electrons. The van der Waals surface area contributed by atoms with E-state index >= 15 is 0 Å². The highest BCUT2D eigenvalue weighted by molar-refractivity contribution is 5.73. The van der Waals surface area contributed by atoms with E-state index in [1.165, 1.54) is 6.42 Å². The van der Waals surface area contributed by atoms with Crippen LogP contribution in [-0.2, 0) is 4.74 Å². The lowest BCUT2D eigenvalue weighted by atomic mass is 9.75. The maximum absolute atomic E-state index is 12.0. The average Bonchev–Trinajstić information content (AvgIpc) is 2.60. The molecule has 0 bridgehead atoms. The van der Waals surface area contributed by atoms with Crippen molar-refractivity contribution in [1.29, 1.82) is 0 Å². The molecular weight excluding hydrogens is 306 g/mol. The molecule has 1 heterocycles. The number of morpholine rings is 1. The Kier molecular flexibility index (Phi) is 5.93. The molecule has 1 aliphatic heterocycles. The molecular formula is C18H27N3O3. The molecule has 24 heavy (non-hydrogen) atoms. The molecule has 6 heteroatoms. The summed E-state index contributed by atoms with van der Waals surface area (Å²) in [5.74, 6) is 0.820. The zero-order chi connectivity index (χ0) is 16.7. The molecule has 1 saturated heterocycles. The Bertz CT molecular complexity index is 514. The number of carbonyl (C=O) groups is 1. The minimum Gasteiger partial charge on any atom is -0.492 e. The first-order valence-corrected chi connectivity index (χ1v) is 8.81. The number of rotatable bonds is 7. The number of urea groups is 1. The number of amides is 2. The van der Waals surface area contributed by atoms with Gasteiger partial charge in [-0.2, -0.15) is 0 Å². The lowest BCUT2D eigenvalue weighted by Gasteiger charge is -2.51. The van der Waals surface area contributed by atoms with Gasteiger partial charge in [0.2, 0.25) is 0 Å². The highest BCUT2D eigenvalue weighted by Gasteiger charge is 2.42. The molecule has 6 nitrogen and oxygen atoms in total. The molecule has 2 amide bonds. The molecule has 1 aromatic carbocycles. The second-order valence-electron chi connectivity index (χ2n) is 6.45. The van der Waals surface area contributed by atoms with Crippen molar-refractivity contribution in [1.82, 2.24) is 15.5 Å². The Morgan fingerprint density at radius 3 is 2.58 bits per heavy atom. The van der Waals surface area contributed by atoms with Gasteiger partial charge < -0.3 is 20.1 Å². The monoisotopic (exact) mass is 333 g/mol. The molecule has 2 aliphatic rings. The van der Waals surface area contributed by atoms with E-state index in [2.05, 4.69) is 15.5 Å². The molecule has 0 unspecified atom stereocenters. The van der Waals surface area contributed by atoms with Crippen LogP contribution >= 0.6 is 0 Å². The number of ether oxygens (including phenoxy) is 2. The summed E-state index contributed by atoms with van der Waals surface area (Å²) in [6.07, 6.45) is 3.56. The van der Waals surface area contributed by atoms with Gasteiger partial charge in [0.25, 0.3) is 0 Å². The molecule has 2 fully saturated rings. The van der Waals surface area contributed by atoms with Crippen molar-refractivity contribution in [3.8, 4) is 5.75 Å². The van der Waals surface area contributed by atoms with Crippen LogP contribution in [-0.4, -0.2) is 62.5 Å². The number of nitrogens with zero attached hydrogens (tertiary/aromatic N) is 1. The maximum Gasteiger partial charge on any atom is 0.314 e. The fourth-order valence-electron chi connectivity index (χ4n) is 3.38. The average molecular weight is 333 g/mol. The molecule has 0 aromatic heterocycles. The van der Waals surface area contributed by atoms with Crippen molar-refractivity contribution in [3.05, 3.63) is 30.3 Å². The fourth-order valence-corrected chi connectivity index (χ4v) is 3.38. The van der Waals surface area contributed by atoms with Crippen molar-refractivity contribution >= 4 is 6.03 Å². The van der Waals surface area contributed by atoms with E-state index in [9.17, 15) is 4.79 Å². The summed E-state index contributed by atoms with van der Waals surface area (Å²) in [4.78, 5) is 14.5. The van der Waals surface area contributed by atoms with Crippen LogP contribution in [0.1, 0.15) is 19.3 Å². The summed E-state index contributed by atoms with van der Waals surface area (Å²) >= 11 is 0. The van der Waals surface area contributed by atoms with Crippen LogP contribution in [0.5, 0.6) is 5.75 Å². The third-order valence-electron chi connectivity index (χ3n) is 4.94. The zero-order valence-electron chi connectivity index (χ0n) is 14.1. The standard InChI is InChI=1S/C18H27N3O3/c22-17(19-9-12-24-16-5-2-1-3-6-16)20-15-18(7-4-8-18)21-10-13-23-14-11-21/h1-3,5-6H,4,7-15H2,(H2,19,20,22). The van der Waals surface area contributed by atoms with Crippen LogP contribution in [0.3, 0.4) is 0 Å². The lowest BCUT2D eigenvalue weighted by molar-refractivity contribution is -0.0536. The number of carbonyl (C=O) groups excluding carboxylic acids is 1. The highest BCUT2D eigenvalue weighted by atomic mass is 16.5. The number of hydrogen-bond acceptors (Lipinski definition) is 4. The lowest BCUT2D eigenvalue weighted by Crippen LogP contribution is -2.63. The summed E-state index contributed by atoms with van der Waals surface area (Å²) in [5, 5.41) is 5.89. The topological polar surface area (TPSA) is 62.8 Å². The Hall–Kier alpha value is -1.79. The number of hydrogen-bond donors (Lipinski definition) is 2. The number of nitrogens with one attached hydrogen (secondary N) is 2. The van der Waals surface area contributed by atoms with Crippen LogP contribution in [0.2, 0.25) is 0 Å². The van der Waals surface area contributed by atoms with Crippen LogP contribution < -0.4 is 15.4 Å². The van der Waals surface area contributed by atoms with Crippen molar-refractivity contribution in [2.24, 2.45) is 0 Å². The van der Waals surface area contributed by atoms with Gasteiger partial charge in [-0.05, 0) is 31.4 Å². The van der Waals surface area contributed by atoms with Gasteiger partial charge in [-0.15, -0.1) is 0 Å². The van der Waals surface area contributed by atoms with Gasteiger partial charge in [0.05, 0.1) is 19.8 Å². The first kappa shape index (κ1) is 17.0. The summed E-state index contributed by atoms with van der Waals surface area (Å²) in [6.45, 7) is 5.19. The molecule has 3 rings (SSSR count). The van der Waals surface area contributed by atoms with E-state index in [-0.39, 0.29) is 11.6 Å². The molecule has 2 N–H and O–H groups in total. The zero-order valence-corrected chi connectivity index (χ0v) is 14.1. The summed E-state index contributed by atoms with van der Waals surface area (Å²) in [6, 6.07) is 9.50. The Labute approximate surface area is 143 Å². The molecule has 0 atom stereocenters. The quantitative estimate of drug-likeness (QED) is 0.745. The van der Waals surface area contributed by atoms with Crippen molar-refractivity contribution in [2.45, 2.75) is 24.8 Å². The predicted octanol–water partition coefficient (Wildman–Crippen LogP) is 1.62. The van der Waals surface area contributed by atoms with E-state index in [0.29, 0.717) is 19.7 Å². The number of para-hydroxylation sites is 1. The second kappa shape index (κ2) is 8.35. The van der Waals surface area contributed by atoms with E-state index in [1.807, 2.05) is 30.3 Å². The van der Waals surface area contributed by atoms with Gasteiger partial charge in [-0.1, -0.05) is 18.2 Å². The van der Waals surface area contributed by atoms with Crippen molar-refractivity contribution in [3.63, 3.8) is 0 Å². The molecule has 1 saturated carbocycles. The van der Waals surface area contributed by atoms with Crippen molar-refractivity contribution in [2.75, 3.05) is 46.0 Å². The van der Waals surface area contributed by atoms with Crippen molar-refractivity contribution < 1.29 is 14.3 Å². The maximum atomic E-state index is 12.0. The predicted molar refractivity (Wildman–Crippen MR) is 92.3 cm³/mol. The van der Waals surface area contributed by atoms with Crippen LogP contribution in [0.25, 0.3) is 0 Å². The summed E-state index contributed by atoms with van der Waals surface area (Å²) in [7, 11) is 0. The Morgan fingerprint density at radius 1 is 1.17 bits per heavy atom. The Morgan fingerprint density at radius 2 is 1.92 bits per heavy atom. The normalized spacial score (nSPS) is 20.0. The first-order valence-electron chi connectivity index (χ1n) is 8.81. The van der Waals surface area contributed by atoms with E-state index in [0.717, 1.165) is 44.9 Å². The smallest absolute Gasteiger partial charge is 0.314 e. The Balaban J connectivity index is 1.34. The van der Waals surface area contributed by atoms with Gasteiger partial charge in [-0.25, -0.2) is 4.79 Å². The van der Waals surface area contributed by atoms with Gasteiger partial charge in [-0.3, -0.25) is 4.90 Å². The van der Waals surface area contributed by atoms with Gasteiger partial charge >= 0.3 is 6.03 Å². The van der Waals surface area contributed by atoms with Crippen LogP contribution in [0.4, 0.5) is 4.79 Å². The molecule has 1 aliphatic carbocycles. The molecule has 0 radical (unpaired) electrons. The van der Waals surface area contributed by atoms with Gasteiger partial charge in [0, 0.05) is 25.2 Å². The third-order valence-corrected chi connectivity index (χ3v) is 4.94. The second-order valence-corrected chi connectivity index (χ2v) is 6.45. The third kappa shape index (κ3) is 4.39. The minimum atomic E-state index is -0.119. The first-order chi connectivity index (χ1) is 11.8. The van der Waals surface area contributed by atoms with Gasteiger partial charge in [0.15, 0.2) is 0 Å². The SMILES string of the molecule is O=C(NCCOc1ccccc1)NCC1(N2CCOCC2)CCC1. The van der Waals surface area contributed by atoms with E-state index in [4.69, 9.17) is 9.47 Å². The minimum absolute atomic E-state index is 0.119. The number of benzene rings is 1. The van der Waals surface area contributed by atoms with E-state index in [1.54, 1.807) is 0 Å². The summed E-state index contributed by atoms with van der Waals surface area (Å²) in [5.41, 5.74) is 0.141. The molecule has 1 aromatic rings. The van der Waals surface area contributed by atoms with Crippen LogP contribution in [0.15, 0.2) is 30.3 Å². The highest BCUT2D eigenvalue weighted by Crippen LogP contribution is 2.37. The fraction of sp³-hybridized carbons (Fsp3) is 0.611. The van der Waals surface area contributed by atoms with Gasteiger partial charge in [0.1, 0.15) is 12.4 Å². The molecule has 0 spiro atoms. The summed E-state index contributed by atoms with van der Waals surface area (Å²) < 4.78 is 11.0. The largest absolute Gasteiger partial charge is 0.492 e. The van der Waals surface area contributed by atoms with E-state index < -0.39 is 0 Å².